The fourth-order valence-electron chi connectivity index (χ4n) is 3.29. The maximum atomic E-state index is 12.1. The molecule has 0 aromatic carbocycles. The molecule has 10 heteroatoms. The van der Waals surface area contributed by atoms with Gasteiger partial charge in [0, 0.05) is 24.1 Å². The number of fused-ring (bicyclic) bond motifs is 2. The SMILES string of the molecule is CP(C)(=O)Cn1cnc(-c2cnc3nnn(Cc4ccc5cccn5c4)c3n2)c1. The van der Waals surface area contributed by atoms with E-state index >= 15 is 0 Å². The molecule has 5 aromatic rings. The van der Waals surface area contributed by atoms with Gasteiger partial charge in [-0.1, -0.05) is 11.3 Å². The summed E-state index contributed by atoms with van der Waals surface area (Å²) in [6.45, 7) is 4.05. The monoisotopic (exact) mass is 406 g/mol. The molecular formula is C19H19N8OP. The zero-order valence-corrected chi connectivity index (χ0v) is 16.9. The molecule has 0 atom stereocenters. The molecule has 0 unspecified atom stereocenters. The Labute approximate surface area is 166 Å². The third kappa shape index (κ3) is 3.56. The molecule has 5 aromatic heterocycles. The topological polar surface area (TPSA) is 95.8 Å². The molecule has 0 aliphatic carbocycles. The maximum Gasteiger partial charge on any atom is 0.221 e. The lowest BCUT2D eigenvalue weighted by molar-refractivity contribution is 0.574. The third-order valence-electron chi connectivity index (χ3n) is 4.54. The number of rotatable bonds is 5. The van der Waals surface area contributed by atoms with Crippen molar-refractivity contribution in [3.05, 3.63) is 60.9 Å². The predicted molar refractivity (Wildman–Crippen MR) is 110 cm³/mol. The van der Waals surface area contributed by atoms with E-state index in [9.17, 15) is 4.57 Å². The van der Waals surface area contributed by atoms with Gasteiger partial charge in [-0.2, -0.15) is 0 Å². The largest absolute Gasteiger partial charge is 0.329 e. The van der Waals surface area contributed by atoms with Crippen molar-refractivity contribution < 1.29 is 4.57 Å². The number of nitrogens with zero attached hydrogens (tertiary/aromatic N) is 8. The standard InChI is InChI=1S/C19H19N8OP/c1-29(2,28)13-25-11-17(21-12-25)16-8-20-18-19(22-16)27(24-23-18)10-14-5-6-15-4-3-7-26(15)9-14/h3-9,11-12H,10,13H2,1-2H3. The van der Waals surface area contributed by atoms with Gasteiger partial charge in [0.2, 0.25) is 5.65 Å². The van der Waals surface area contributed by atoms with Gasteiger partial charge in [-0.15, -0.1) is 5.10 Å². The Bertz CT molecular complexity index is 1380. The van der Waals surface area contributed by atoms with Crippen LogP contribution in [0.5, 0.6) is 0 Å². The van der Waals surface area contributed by atoms with Crippen molar-refractivity contribution in [2.75, 3.05) is 13.3 Å². The van der Waals surface area contributed by atoms with Crippen molar-refractivity contribution in [2.45, 2.75) is 12.8 Å². The van der Waals surface area contributed by atoms with Gasteiger partial charge in [0.1, 0.15) is 18.5 Å². The van der Waals surface area contributed by atoms with Crippen molar-refractivity contribution in [1.29, 1.82) is 0 Å². The fourth-order valence-corrected chi connectivity index (χ4v) is 4.24. The highest BCUT2D eigenvalue weighted by molar-refractivity contribution is 7.61. The van der Waals surface area contributed by atoms with Crippen LogP contribution in [0.4, 0.5) is 0 Å². The van der Waals surface area contributed by atoms with Crippen LogP contribution in [0.25, 0.3) is 28.2 Å². The van der Waals surface area contributed by atoms with Crippen molar-refractivity contribution in [3.8, 4) is 11.4 Å². The van der Waals surface area contributed by atoms with Gasteiger partial charge in [-0.3, -0.25) is 0 Å². The second kappa shape index (κ2) is 6.63. The van der Waals surface area contributed by atoms with Crippen molar-refractivity contribution in [3.63, 3.8) is 0 Å². The molecule has 0 saturated carbocycles. The van der Waals surface area contributed by atoms with Gasteiger partial charge < -0.3 is 13.5 Å². The molecule has 146 valence electrons. The van der Waals surface area contributed by atoms with E-state index in [1.165, 1.54) is 0 Å². The third-order valence-corrected chi connectivity index (χ3v) is 5.55. The summed E-state index contributed by atoms with van der Waals surface area (Å²) in [6, 6.07) is 8.20. The van der Waals surface area contributed by atoms with Crippen LogP contribution >= 0.6 is 7.14 Å². The second-order valence-electron chi connectivity index (χ2n) is 7.52. The van der Waals surface area contributed by atoms with Gasteiger partial charge in [0.25, 0.3) is 0 Å². The van der Waals surface area contributed by atoms with Gasteiger partial charge in [0.15, 0.2) is 5.65 Å². The smallest absolute Gasteiger partial charge is 0.221 e. The minimum absolute atomic E-state index is 0.441. The molecule has 0 saturated heterocycles. The summed E-state index contributed by atoms with van der Waals surface area (Å²) in [6.07, 6.45) is 9.66. The van der Waals surface area contributed by atoms with Gasteiger partial charge in [-0.05, 0) is 37.1 Å². The lowest BCUT2D eigenvalue weighted by Gasteiger charge is -2.06. The number of hydrogen-bond donors (Lipinski definition) is 0. The van der Waals surface area contributed by atoms with E-state index < -0.39 is 7.14 Å². The van der Waals surface area contributed by atoms with E-state index in [0.717, 1.165) is 11.1 Å². The summed E-state index contributed by atoms with van der Waals surface area (Å²) >= 11 is 0. The van der Waals surface area contributed by atoms with Crippen LogP contribution in [-0.2, 0) is 17.4 Å². The molecule has 0 fully saturated rings. The van der Waals surface area contributed by atoms with Crippen LogP contribution in [-0.4, -0.2) is 52.2 Å². The van der Waals surface area contributed by atoms with Crippen LogP contribution in [0.3, 0.4) is 0 Å². The lowest BCUT2D eigenvalue weighted by Crippen LogP contribution is -2.04. The summed E-state index contributed by atoms with van der Waals surface area (Å²) < 4.78 is 17.7. The van der Waals surface area contributed by atoms with Crippen molar-refractivity contribution in [1.82, 2.24) is 38.9 Å². The van der Waals surface area contributed by atoms with E-state index in [1.807, 2.05) is 23.0 Å². The first-order valence-electron chi connectivity index (χ1n) is 9.13. The summed E-state index contributed by atoms with van der Waals surface area (Å²) in [5, 5.41) is 8.34. The summed E-state index contributed by atoms with van der Waals surface area (Å²) in [5.74, 6) is 0. The second-order valence-corrected chi connectivity index (χ2v) is 10.9. The van der Waals surface area contributed by atoms with E-state index in [-0.39, 0.29) is 0 Å². The summed E-state index contributed by atoms with van der Waals surface area (Å²) in [4.78, 5) is 13.5. The minimum Gasteiger partial charge on any atom is -0.329 e. The van der Waals surface area contributed by atoms with Crippen LogP contribution in [0, 0.1) is 0 Å². The van der Waals surface area contributed by atoms with E-state index in [1.54, 1.807) is 30.5 Å². The van der Waals surface area contributed by atoms with Crippen LogP contribution in [0.2, 0.25) is 0 Å². The van der Waals surface area contributed by atoms with Crippen molar-refractivity contribution in [2.24, 2.45) is 0 Å². The average Bonchev–Trinajstić information content (AvgIpc) is 3.40. The Morgan fingerprint density at radius 3 is 2.83 bits per heavy atom. The van der Waals surface area contributed by atoms with Crippen LogP contribution in [0.15, 0.2) is 55.4 Å². The Kier molecular flexibility index (Phi) is 4.06. The van der Waals surface area contributed by atoms with Crippen LogP contribution < -0.4 is 0 Å². The first kappa shape index (κ1) is 17.8. The number of aromatic nitrogens is 8. The first-order chi connectivity index (χ1) is 13.9. The molecule has 0 N–H and O–H groups in total. The maximum absolute atomic E-state index is 12.1. The zero-order chi connectivity index (χ0) is 20.0. The number of imidazole rings is 1. The van der Waals surface area contributed by atoms with Crippen LogP contribution in [0.1, 0.15) is 5.56 Å². The summed E-state index contributed by atoms with van der Waals surface area (Å²) in [7, 11) is -2.19. The lowest BCUT2D eigenvalue weighted by atomic mass is 10.2. The highest BCUT2D eigenvalue weighted by atomic mass is 31.2. The Hall–Kier alpha value is -3.32. The Morgan fingerprint density at radius 2 is 1.97 bits per heavy atom. The first-order valence-corrected chi connectivity index (χ1v) is 11.9. The van der Waals surface area contributed by atoms with Gasteiger partial charge in [0.05, 0.1) is 25.4 Å². The van der Waals surface area contributed by atoms with E-state index in [4.69, 9.17) is 0 Å². The highest BCUT2D eigenvalue weighted by Gasteiger charge is 2.14. The zero-order valence-electron chi connectivity index (χ0n) is 16.0. The van der Waals surface area contributed by atoms with Gasteiger partial charge >= 0.3 is 0 Å². The van der Waals surface area contributed by atoms with E-state index in [0.29, 0.717) is 35.5 Å². The minimum atomic E-state index is -2.19. The number of pyridine rings is 1. The highest BCUT2D eigenvalue weighted by Crippen LogP contribution is 2.38. The molecule has 29 heavy (non-hydrogen) atoms. The Morgan fingerprint density at radius 1 is 1.07 bits per heavy atom. The van der Waals surface area contributed by atoms with Crippen molar-refractivity contribution >= 4 is 24.0 Å². The quantitative estimate of drug-likeness (QED) is 0.417. The average molecular weight is 406 g/mol. The predicted octanol–water partition coefficient (Wildman–Crippen LogP) is 2.97. The Balaban J connectivity index is 1.48. The molecule has 5 heterocycles. The molecule has 0 spiro atoms. The molecular weight excluding hydrogens is 387 g/mol. The molecule has 0 aliphatic heterocycles. The molecule has 0 radical (unpaired) electrons. The molecule has 0 aliphatic rings. The fraction of sp³-hybridized carbons (Fsp3) is 0.211. The molecule has 5 rings (SSSR count). The molecule has 9 nitrogen and oxygen atoms in total. The molecule has 0 bridgehead atoms. The van der Waals surface area contributed by atoms with E-state index in [2.05, 4.69) is 54.1 Å². The molecule has 0 amide bonds. The van der Waals surface area contributed by atoms with Gasteiger partial charge in [-0.25, -0.2) is 19.6 Å². The number of hydrogen-bond acceptors (Lipinski definition) is 6. The summed E-state index contributed by atoms with van der Waals surface area (Å²) in [5.41, 5.74) is 4.61. The normalized spacial score (nSPS) is 12.2.